The summed E-state index contributed by atoms with van der Waals surface area (Å²) in [7, 11) is 0. The highest BCUT2D eigenvalue weighted by Gasteiger charge is 2.12. The lowest BCUT2D eigenvalue weighted by Crippen LogP contribution is -2.27. The molecule has 1 N–H and O–H groups in total. The van der Waals surface area contributed by atoms with E-state index in [1.54, 1.807) is 24.3 Å². The summed E-state index contributed by atoms with van der Waals surface area (Å²) >= 11 is 19.9. The van der Waals surface area contributed by atoms with E-state index < -0.39 is 11.2 Å². The maximum atomic E-state index is 11.9. The third-order valence-corrected chi connectivity index (χ3v) is 5.34. The average Bonchev–Trinajstić information content (AvgIpc) is 2.52. The van der Waals surface area contributed by atoms with Crippen LogP contribution in [0.25, 0.3) is 5.69 Å². The van der Waals surface area contributed by atoms with Crippen LogP contribution >= 0.6 is 46.6 Å². The molecular formula is C16H9Cl3N2O2S. The van der Waals surface area contributed by atoms with Crippen LogP contribution in [0.1, 0.15) is 0 Å². The first-order valence-electron chi connectivity index (χ1n) is 6.69. The van der Waals surface area contributed by atoms with Gasteiger partial charge < -0.3 is 0 Å². The summed E-state index contributed by atoms with van der Waals surface area (Å²) in [6, 6.07) is 11.8. The minimum Gasteiger partial charge on any atom is -0.274 e. The molecule has 0 radical (unpaired) electrons. The maximum absolute atomic E-state index is 11.9. The number of hydrogen-bond acceptors (Lipinski definition) is 3. The number of nitrogens with one attached hydrogen (secondary N) is 1. The van der Waals surface area contributed by atoms with Gasteiger partial charge in [-0.3, -0.25) is 14.3 Å². The Morgan fingerprint density at radius 2 is 1.54 bits per heavy atom. The largest absolute Gasteiger partial charge is 0.332 e. The number of halogens is 3. The topological polar surface area (TPSA) is 54.9 Å². The molecule has 0 aliphatic heterocycles. The Hall–Kier alpha value is -1.66. The van der Waals surface area contributed by atoms with E-state index in [0.717, 1.165) is 4.90 Å². The minimum absolute atomic E-state index is 0.399. The zero-order valence-corrected chi connectivity index (χ0v) is 15.0. The first-order valence-corrected chi connectivity index (χ1v) is 8.64. The van der Waals surface area contributed by atoms with Gasteiger partial charge in [-0.2, -0.15) is 0 Å². The summed E-state index contributed by atoms with van der Waals surface area (Å²) in [6.45, 7) is 0. The highest BCUT2D eigenvalue weighted by atomic mass is 35.5. The summed E-state index contributed by atoms with van der Waals surface area (Å²) in [5.41, 5.74) is -0.567. The Kier molecular flexibility index (Phi) is 5.06. The Bertz CT molecular complexity index is 990. The van der Waals surface area contributed by atoms with Crippen molar-refractivity contribution in [2.45, 2.75) is 9.79 Å². The average molecular weight is 400 g/mol. The molecule has 0 aliphatic carbocycles. The van der Waals surface area contributed by atoms with Gasteiger partial charge in [-0.1, -0.05) is 46.6 Å². The van der Waals surface area contributed by atoms with Crippen molar-refractivity contribution in [3.63, 3.8) is 0 Å². The van der Waals surface area contributed by atoms with Gasteiger partial charge in [0.25, 0.3) is 5.56 Å². The molecule has 3 rings (SSSR count). The van der Waals surface area contributed by atoms with Gasteiger partial charge in [0, 0.05) is 27.1 Å². The van der Waals surface area contributed by atoms with Crippen molar-refractivity contribution < 1.29 is 0 Å². The van der Waals surface area contributed by atoms with Crippen molar-refractivity contribution in [1.82, 2.24) is 9.55 Å². The molecule has 122 valence electrons. The van der Waals surface area contributed by atoms with Crippen molar-refractivity contribution in [3.8, 4) is 5.69 Å². The van der Waals surface area contributed by atoms with E-state index in [4.69, 9.17) is 34.8 Å². The number of H-pyrrole nitrogens is 1. The second-order valence-electron chi connectivity index (χ2n) is 4.77. The second-order valence-corrected chi connectivity index (χ2v) is 7.11. The fourth-order valence-electron chi connectivity index (χ4n) is 2.02. The van der Waals surface area contributed by atoms with Crippen molar-refractivity contribution in [1.29, 1.82) is 0 Å². The van der Waals surface area contributed by atoms with Crippen LogP contribution in [-0.2, 0) is 0 Å². The fraction of sp³-hybridized carbons (Fsp3) is 0. The quantitative estimate of drug-likeness (QED) is 0.698. The molecule has 0 bridgehead atoms. The molecule has 8 heteroatoms. The van der Waals surface area contributed by atoms with Gasteiger partial charge in [-0.25, -0.2) is 4.79 Å². The smallest absolute Gasteiger partial charge is 0.274 e. The molecule has 0 fully saturated rings. The highest BCUT2D eigenvalue weighted by Crippen LogP contribution is 2.40. The first-order chi connectivity index (χ1) is 11.4. The van der Waals surface area contributed by atoms with Crippen LogP contribution in [-0.4, -0.2) is 9.55 Å². The van der Waals surface area contributed by atoms with E-state index in [-0.39, 0.29) is 0 Å². The Morgan fingerprint density at radius 1 is 0.917 bits per heavy atom. The number of aromatic amines is 1. The number of rotatable bonds is 3. The summed E-state index contributed by atoms with van der Waals surface area (Å²) in [5, 5.41) is 1.44. The van der Waals surface area contributed by atoms with E-state index in [1.807, 2.05) is 12.1 Å². The van der Waals surface area contributed by atoms with Crippen molar-refractivity contribution in [2.75, 3.05) is 0 Å². The van der Waals surface area contributed by atoms with E-state index >= 15 is 0 Å². The zero-order valence-electron chi connectivity index (χ0n) is 11.9. The minimum atomic E-state index is -0.562. The predicted molar refractivity (Wildman–Crippen MR) is 98.3 cm³/mol. The van der Waals surface area contributed by atoms with Gasteiger partial charge in [0.15, 0.2) is 0 Å². The number of nitrogens with zero attached hydrogens (tertiary/aromatic N) is 1. The molecule has 1 heterocycles. The Balaban J connectivity index is 2.01. The van der Waals surface area contributed by atoms with Crippen molar-refractivity contribution in [2.24, 2.45) is 0 Å². The summed E-state index contributed by atoms with van der Waals surface area (Å²) in [6.07, 6.45) is 1.37. The van der Waals surface area contributed by atoms with Gasteiger partial charge in [0.05, 0.1) is 15.7 Å². The third kappa shape index (κ3) is 3.70. The molecule has 0 saturated heterocycles. The van der Waals surface area contributed by atoms with Crippen LogP contribution < -0.4 is 11.2 Å². The second kappa shape index (κ2) is 7.07. The third-order valence-electron chi connectivity index (χ3n) is 3.12. The van der Waals surface area contributed by atoms with Crippen LogP contribution in [0, 0.1) is 0 Å². The number of benzene rings is 2. The van der Waals surface area contributed by atoms with Gasteiger partial charge >= 0.3 is 5.69 Å². The summed E-state index contributed by atoms with van der Waals surface area (Å²) < 4.78 is 1.26. The van der Waals surface area contributed by atoms with Gasteiger partial charge in [0.2, 0.25) is 0 Å². The van der Waals surface area contributed by atoms with Crippen LogP contribution in [0.5, 0.6) is 0 Å². The molecule has 0 atom stereocenters. The molecule has 0 saturated carbocycles. The highest BCUT2D eigenvalue weighted by molar-refractivity contribution is 7.99. The molecule has 0 unspecified atom stereocenters. The molecule has 0 amide bonds. The molecule has 24 heavy (non-hydrogen) atoms. The Labute approximate surface area is 156 Å². The fourth-order valence-corrected chi connectivity index (χ4v) is 3.68. The maximum Gasteiger partial charge on any atom is 0.332 e. The summed E-state index contributed by atoms with van der Waals surface area (Å²) in [5.74, 6) is 0. The van der Waals surface area contributed by atoms with E-state index in [1.165, 1.54) is 28.6 Å². The molecule has 2 aromatic carbocycles. The van der Waals surface area contributed by atoms with Crippen LogP contribution in [0.3, 0.4) is 0 Å². The van der Waals surface area contributed by atoms with Crippen molar-refractivity contribution in [3.05, 3.63) is 84.6 Å². The molecule has 0 aliphatic rings. The number of hydrogen-bond donors (Lipinski definition) is 1. The normalized spacial score (nSPS) is 10.8. The monoisotopic (exact) mass is 398 g/mol. The van der Waals surface area contributed by atoms with Gasteiger partial charge in [-0.15, -0.1) is 0 Å². The standard InChI is InChI=1S/C16H9Cl3N2O2S/c17-9-1-3-11(4-2-9)24-15-12(18)7-10(8-13(15)19)21-6-5-14(22)20-16(21)23/h1-8H,(H,20,22,23). The van der Waals surface area contributed by atoms with Crippen LogP contribution in [0.2, 0.25) is 15.1 Å². The SMILES string of the molecule is O=c1ccn(-c2cc(Cl)c(Sc3ccc(Cl)cc3)c(Cl)c2)c(=O)[nH]1. The van der Waals surface area contributed by atoms with Crippen LogP contribution in [0.15, 0.2) is 68.0 Å². The van der Waals surface area contributed by atoms with Gasteiger partial charge in [0.1, 0.15) is 0 Å². The zero-order chi connectivity index (χ0) is 17.3. The predicted octanol–water partition coefficient (Wildman–Crippen LogP) is 4.64. The first kappa shape index (κ1) is 17.2. The van der Waals surface area contributed by atoms with E-state index in [2.05, 4.69) is 4.98 Å². The molecule has 4 nitrogen and oxygen atoms in total. The number of aromatic nitrogens is 2. The molecular weight excluding hydrogens is 391 g/mol. The van der Waals surface area contributed by atoms with Crippen LogP contribution in [0.4, 0.5) is 0 Å². The van der Waals surface area contributed by atoms with Crippen molar-refractivity contribution >= 4 is 46.6 Å². The molecule has 3 aromatic rings. The molecule has 0 spiro atoms. The summed E-state index contributed by atoms with van der Waals surface area (Å²) in [4.78, 5) is 26.8. The van der Waals surface area contributed by atoms with E-state index in [0.29, 0.717) is 25.7 Å². The lowest BCUT2D eigenvalue weighted by atomic mass is 10.3. The molecule has 1 aromatic heterocycles. The van der Waals surface area contributed by atoms with E-state index in [9.17, 15) is 9.59 Å². The lowest BCUT2D eigenvalue weighted by molar-refractivity contribution is 0.895. The lowest BCUT2D eigenvalue weighted by Gasteiger charge is -2.11. The van der Waals surface area contributed by atoms with Gasteiger partial charge in [-0.05, 0) is 36.4 Å². The Morgan fingerprint density at radius 3 is 2.12 bits per heavy atom.